The van der Waals surface area contributed by atoms with E-state index in [1.54, 1.807) is 11.8 Å². The first-order valence-corrected chi connectivity index (χ1v) is 8.07. The van der Waals surface area contributed by atoms with Crippen LogP contribution in [0.4, 0.5) is 0 Å². The minimum absolute atomic E-state index is 0.200. The van der Waals surface area contributed by atoms with Crippen LogP contribution in [0.5, 0.6) is 0 Å². The van der Waals surface area contributed by atoms with Gasteiger partial charge in [0, 0.05) is 33.1 Å². The first kappa shape index (κ1) is 13.6. The van der Waals surface area contributed by atoms with Gasteiger partial charge in [-0.15, -0.1) is 11.8 Å². The van der Waals surface area contributed by atoms with Gasteiger partial charge in [-0.25, -0.2) is 0 Å². The molecule has 0 amide bonds. The minimum Gasteiger partial charge on any atom is -0.480 e. The summed E-state index contributed by atoms with van der Waals surface area (Å²) in [6, 6.07) is 8.07. The highest BCUT2D eigenvalue weighted by atomic mass is 32.2. The van der Waals surface area contributed by atoms with E-state index in [4.69, 9.17) is 5.11 Å². The first-order chi connectivity index (χ1) is 8.43. The standard InChI is InChI=1S/C13H16O3S2/c1-13(2,12(14)15)18(16)8-9-7-17-11-6-4-3-5-10(9)11/h3-6,9H,7-8H2,1-2H3,(H,14,15). The second-order valence-corrected chi connectivity index (χ2v) is 7.98. The Morgan fingerprint density at radius 2 is 2.17 bits per heavy atom. The van der Waals surface area contributed by atoms with Gasteiger partial charge in [-0.2, -0.15) is 0 Å². The number of benzene rings is 1. The van der Waals surface area contributed by atoms with Crippen LogP contribution >= 0.6 is 11.8 Å². The van der Waals surface area contributed by atoms with E-state index in [0.29, 0.717) is 5.75 Å². The summed E-state index contributed by atoms with van der Waals surface area (Å²) in [4.78, 5) is 12.3. The van der Waals surface area contributed by atoms with Gasteiger partial charge >= 0.3 is 5.97 Å². The minimum atomic E-state index is -1.37. The number of fused-ring (bicyclic) bond motifs is 1. The maximum Gasteiger partial charge on any atom is 0.321 e. The Hall–Kier alpha value is -0.810. The van der Waals surface area contributed by atoms with Gasteiger partial charge in [0.2, 0.25) is 0 Å². The van der Waals surface area contributed by atoms with Crippen LogP contribution < -0.4 is 0 Å². The highest BCUT2D eigenvalue weighted by Crippen LogP contribution is 2.40. The smallest absolute Gasteiger partial charge is 0.321 e. The van der Waals surface area contributed by atoms with Crippen molar-refractivity contribution in [2.24, 2.45) is 0 Å². The summed E-state index contributed by atoms with van der Waals surface area (Å²) in [5.74, 6) is 0.509. The molecule has 1 aliphatic rings. The predicted molar refractivity (Wildman–Crippen MR) is 74.6 cm³/mol. The average Bonchev–Trinajstić information content (AvgIpc) is 2.72. The third kappa shape index (κ3) is 2.47. The van der Waals surface area contributed by atoms with Crippen molar-refractivity contribution in [1.82, 2.24) is 0 Å². The molecule has 0 bridgehead atoms. The number of carboxylic acid groups (broad SMARTS) is 1. The molecule has 0 fully saturated rings. The molecule has 2 unspecified atom stereocenters. The largest absolute Gasteiger partial charge is 0.480 e. The maximum absolute atomic E-state index is 12.2. The van der Waals surface area contributed by atoms with Crippen LogP contribution in [0.3, 0.4) is 0 Å². The van der Waals surface area contributed by atoms with Crippen molar-refractivity contribution in [2.45, 2.75) is 29.4 Å². The average molecular weight is 284 g/mol. The van der Waals surface area contributed by atoms with Crippen LogP contribution in [0.1, 0.15) is 25.3 Å². The predicted octanol–water partition coefficient (Wildman–Crippen LogP) is 2.49. The molecule has 1 heterocycles. The second kappa shape index (κ2) is 5.05. The van der Waals surface area contributed by atoms with Crippen LogP contribution in [-0.4, -0.2) is 31.5 Å². The molecule has 1 N–H and O–H groups in total. The van der Waals surface area contributed by atoms with Crippen LogP contribution in [0.2, 0.25) is 0 Å². The van der Waals surface area contributed by atoms with Crippen LogP contribution in [0.15, 0.2) is 29.2 Å². The number of rotatable bonds is 4. The lowest BCUT2D eigenvalue weighted by atomic mass is 10.0. The van der Waals surface area contributed by atoms with E-state index in [9.17, 15) is 9.00 Å². The normalized spacial score (nSPS) is 20.4. The summed E-state index contributed by atoms with van der Waals surface area (Å²) in [7, 11) is -1.37. The molecule has 1 aliphatic heterocycles. The van der Waals surface area contributed by atoms with E-state index >= 15 is 0 Å². The summed E-state index contributed by atoms with van der Waals surface area (Å²) in [5, 5.41) is 9.08. The van der Waals surface area contributed by atoms with Gasteiger partial charge in [-0.3, -0.25) is 9.00 Å². The molecule has 0 radical (unpaired) electrons. The van der Waals surface area contributed by atoms with Crippen molar-refractivity contribution in [3.63, 3.8) is 0 Å². The van der Waals surface area contributed by atoms with E-state index in [-0.39, 0.29) is 5.92 Å². The van der Waals surface area contributed by atoms with Gasteiger partial charge in [0.25, 0.3) is 0 Å². The fourth-order valence-electron chi connectivity index (χ4n) is 1.86. The lowest BCUT2D eigenvalue weighted by Gasteiger charge is -2.21. The summed E-state index contributed by atoms with van der Waals surface area (Å²) in [5.41, 5.74) is 1.21. The number of carboxylic acids is 1. The maximum atomic E-state index is 12.2. The van der Waals surface area contributed by atoms with Gasteiger partial charge in [0.1, 0.15) is 4.75 Å². The Balaban J connectivity index is 2.13. The zero-order valence-corrected chi connectivity index (χ0v) is 12.0. The fraction of sp³-hybridized carbons (Fsp3) is 0.462. The molecule has 2 atom stereocenters. The highest BCUT2D eigenvalue weighted by molar-refractivity contribution is 7.99. The summed E-state index contributed by atoms with van der Waals surface area (Å²) < 4.78 is 11.0. The molecular weight excluding hydrogens is 268 g/mol. The van der Waals surface area contributed by atoms with E-state index in [1.807, 2.05) is 18.2 Å². The SMILES string of the molecule is CC(C)(C(=O)O)S(=O)CC1CSc2ccccc21. The molecule has 0 saturated heterocycles. The molecule has 2 rings (SSSR count). The number of carbonyl (C=O) groups is 1. The van der Waals surface area contributed by atoms with E-state index in [2.05, 4.69) is 6.07 Å². The Kier molecular flexibility index (Phi) is 3.82. The summed E-state index contributed by atoms with van der Waals surface area (Å²) in [6.45, 7) is 3.05. The van der Waals surface area contributed by atoms with Gasteiger partial charge in [0.05, 0.1) is 0 Å². The van der Waals surface area contributed by atoms with E-state index < -0.39 is 21.5 Å². The van der Waals surface area contributed by atoms with Crippen molar-refractivity contribution in [3.8, 4) is 0 Å². The number of thioether (sulfide) groups is 1. The zero-order chi connectivity index (χ0) is 13.3. The third-order valence-electron chi connectivity index (χ3n) is 3.24. The molecule has 0 spiro atoms. The van der Waals surface area contributed by atoms with Gasteiger partial charge in [0.15, 0.2) is 0 Å². The van der Waals surface area contributed by atoms with Crippen molar-refractivity contribution in [1.29, 1.82) is 0 Å². The van der Waals surface area contributed by atoms with Gasteiger partial charge in [-0.1, -0.05) is 18.2 Å². The number of hydrogen-bond donors (Lipinski definition) is 1. The molecule has 3 nitrogen and oxygen atoms in total. The van der Waals surface area contributed by atoms with Gasteiger partial charge < -0.3 is 5.11 Å². The second-order valence-electron chi connectivity index (χ2n) is 4.87. The summed E-state index contributed by atoms with van der Waals surface area (Å²) in [6.07, 6.45) is 0. The number of hydrogen-bond acceptors (Lipinski definition) is 3. The van der Waals surface area contributed by atoms with Crippen LogP contribution in [-0.2, 0) is 15.6 Å². The van der Waals surface area contributed by atoms with Crippen molar-refractivity contribution in [3.05, 3.63) is 29.8 Å². The molecular formula is C13H16O3S2. The molecule has 1 aromatic carbocycles. The Labute approximate surface area is 113 Å². The fourth-order valence-corrected chi connectivity index (χ4v) is 4.53. The zero-order valence-electron chi connectivity index (χ0n) is 10.4. The van der Waals surface area contributed by atoms with Crippen molar-refractivity contribution >= 4 is 28.5 Å². The number of aliphatic carboxylic acids is 1. The van der Waals surface area contributed by atoms with Crippen molar-refractivity contribution in [2.75, 3.05) is 11.5 Å². The topological polar surface area (TPSA) is 54.4 Å². The van der Waals surface area contributed by atoms with E-state index in [0.717, 1.165) is 5.75 Å². The lowest BCUT2D eigenvalue weighted by Crippen LogP contribution is -2.38. The van der Waals surface area contributed by atoms with Crippen molar-refractivity contribution < 1.29 is 14.1 Å². The van der Waals surface area contributed by atoms with Gasteiger partial charge in [-0.05, 0) is 25.5 Å². The Morgan fingerprint density at radius 1 is 1.50 bits per heavy atom. The first-order valence-electron chi connectivity index (χ1n) is 5.76. The third-order valence-corrected chi connectivity index (χ3v) is 6.51. The Morgan fingerprint density at radius 3 is 2.83 bits per heavy atom. The molecule has 0 aromatic heterocycles. The Bertz CT molecular complexity index is 497. The molecule has 0 aliphatic carbocycles. The molecule has 18 heavy (non-hydrogen) atoms. The van der Waals surface area contributed by atoms with Crippen LogP contribution in [0.25, 0.3) is 0 Å². The molecule has 0 saturated carbocycles. The highest BCUT2D eigenvalue weighted by Gasteiger charge is 2.37. The molecule has 98 valence electrons. The lowest BCUT2D eigenvalue weighted by molar-refractivity contribution is -0.139. The molecule has 1 aromatic rings. The monoisotopic (exact) mass is 284 g/mol. The quantitative estimate of drug-likeness (QED) is 0.923. The van der Waals surface area contributed by atoms with Crippen LogP contribution in [0, 0.1) is 0 Å². The molecule has 5 heteroatoms. The summed E-state index contributed by atoms with van der Waals surface area (Å²) >= 11 is 1.76. The van der Waals surface area contributed by atoms with E-state index in [1.165, 1.54) is 24.3 Å².